The monoisotopic (exact) mass is 475 g/mol. The first-order chi connectivity index (χ1) is 16.8. The lowest BCUT2D eigenvalue weighted by atomic mass is 9.76. The van der Waals surface area contributed by atoms with E-state index in [0.717, 1.165) is 34.1 Å². The second-order valence-electron chi connectivity index (χ2n) is 9.89. The number of hydrogen-bond acceptors (Lipinski definition) is 4. The van der Waals surface area contributed by atoms with Gasteiger partial charge in [0.25, 0.3) is 5.91 Å². The molecule has 184 valence electrons. The van der Waals surface area contributed by atoms with Crippen LogP contribution in [0.1, 0.15) is 56.9 Å². The van der Waals surface area contributed by atoms with Gasteiger partial charge in [0.05, 0.1) is 25.5 Å². The zero-order valence-corrected chi connectivity index (χ0v) is 21.1. The van der Waals surface area contributed by atoms with Gasteiger partial charge in [-0.2, -0.15) is 0 Å². The van der Waals surface area contributed by atoms with E-state index in [9.17, 15) is 9.59 Å². The molecular weight excluding hydrogens is 442 g/mol. The minimum absolute atomic E-state index is 0.0217. The number of nitrogens with zero attached hydrogens (tertiary/aromatic N) is 2. The van der Waals surface area contributed by atoms with Crippen molar-refractivity contribution in [3.63, 3.8) is 0 Å². The third-order valence-corrected chi connectivity index (χ3v) is 7.26. The Hall–Kier alpha value is -3.48. The Morgan fingerprint density at radius 2 is 1.91 bits per heavy atom. The lowest BCUT2D eigenvalue weighted by Gasteiger charge is -2.51. The average molecular weight is 476 g/mol. The van der Waals surface area contributed by atoms with Gasteiger partial charge in [0.2, 0.25) is 5.91 Å². The first-order valence-electron chi connectivity index (χ1n) is 12.3. The SMILES string of the molecule is CCCN1CC(=O)N2CC(c3ccc(OC(C)C)c(OC)c3)c3c([nH]c4ccccc34)C2(C)C1=O. The summed E-state index contributed by atoms with van der Waals surface area (Å²) in [6.07, 6.45) is 0.829. The molecule has 1 aromatic heterocycles. The molecule has 3 heterocycles. The van der Waals surface area contributed by atoms with Crippen molar-refractivity contribution in [2.45, 2.75) is 51.7 Å². The number of nitrogens with one attached hydrogen (secondary N) is 1. The van der Waals surface area contributed by atoms with E-state index in [1.165, 1.54) is 0 Å². The van der Waals surface area contributed by atoms with Gasteiger partial charge in [-0.05, 0) is 56.5 Å². The first kappa shape index (κ1) is 23.3. The maximum Gasteiger partial charge on any atom is 0.254 e. The lowest BCUT2D eigenvalue weighted by molar-refractivity contribution is -0.166. The normalized spacial score (nSPS) is 21.9. The number of hydrogen-bond donors (Lipinski definition) is 1. The van der Waals surface area contributed by atoms with Crippen LogP contribution in [-0.2, 0) is 15.1 Å². The number of aromatic amines is 1. The fourth-order valence-corrected chi connectivity index (χ4v) is 5.68. The smallest absolute Gasteiger partial charge is 0.254 e. The zero-order chi connectivity index (χ0) is 24.9. The van der Waals surface area contributed by atoms with Gasteiger partial charge < -0.3 is 24.3 Å². The Balaban J connectivity index is 1.70. The summed E-state index contributed by atoms with van der Waals surface area (Å²) in [6, 6.07) is 14.1. The van der Waals surface area contributed by atoms with Crippen molar-refractivity contribution in [1.82, 2.24) is 14.8 Å². The van der Waals surface area contributed by atoms with Crippen molar-refractivity contribution < 1.29 is 19.1 Å². The van der Waals surface area contributed by atoms with Gasteiger partial charge in [0, 0.05) is 29.9 Å². The number of aromatic nitrogens is 1. The van der Waals surface area contributed by atoms with Crippen LogP contribution in [0.4, 0.5) is 0 Å². The lowest BCUT2D eigenvalue weighted by Crippen LogP contribution is -2.67. The molecule has 35 heavy (non-hydrogen) atoms. The second-order valence-corrected chi connectivity index (χ2v) is 9.89. The number of rotatable bonds is 6. The van der Waals surface area contributed by atoms with Gasteiger partial charge >= 0.3 is 0 Å². The number of amides is 2. The molecule has 2 aliphatic rings. The maximum atomic E-state index is 13.8. The molecular formula is C28H33N3O4. The van der Waals surface area contributed by atoms with Crippen LogP contribution in [-0.4, -0.2) is 59.4 Å². The molecule has 5 rings (SSSR count). The Morgan fingerprint density at radius 1 is 1.14 bits per heavy atom. The number of benzene rings is 2. The highest BCUT2D eigenvalue weighted by Crippen LogP contribution is 2.49. The van der Waals surface area contributed by atoms with Crippen LogP contribution >= 0.6 is 0 Å². The number of fused-ring (bicyclic) bond motifs is 5. The molecule has 0 spiro atoms. The van der Waals surface area contributed by atoms with Crippen molar-refractivity contribution in [2.75, 3.05) is 26.7 Å². The number of carbonyl (C=O) groups excluding carboxylic acids is 2. The van der Waals surface area contributed by atoms with Gasteiger partial charge in [0.1, 0.15) is 0 Å². The minimum atomic E-state index is -1.07. The highest BCUT2D eigenvalue weighted by atomic mass is 16.5. The van der Waals surface area contributed by atoms with Crippen LogP contribution in [0.25, 0.3) is 10.9 Å². The van der Waals surface area contributed by atoms with Gasteiger partial charge in [-0.25, -0.2) is 0 Å². The Labute approximate surface area is 206 Å². The summed E-state index contributed by atoms with van der Waals surface area (Å²) in [5.74, 6) is 1.17. The largest absolute Gasteiger partial charge is 0.493 e. The summed E-state index contributed by atoms with van der Waals surface area (Å²) in [5.41, 5.74) is 2.78. The molecule has 2 aliphatic heterocycles. The van der Waals surface area contributed by atoms with E-state index in [1.54, 1.807) is 16.9 Å². The average Bonchev–Trinajstić information content (AvgIpc) is 3.23. The Morgan fingerprint density at radius 3 is 2.63 bits per heavy atom. The number of para-hydroxylation sites is 1. The van der Waals surface area contributed by atoms with Crippen molar-refractivity contribution in [1.29, 1.82) is 0 Å². The van der Waals surface area contributed by atoms with E-state index < -0.39 is 5.54 Å². The molecule has 3 aromatic rings. The predicted octanol–water partition coefficient (Wildman–Crippen LogP) is 4.41. The molecule has 7 heteroatoms. The van der Waals surface area contributed by atoms with Crippen LogP contribution < -0.4 is 9.47 Å². The molecule has 2 unspecified atom stereocenters. The van der Waals surface area contributed by atoms with Crippen molar-refractivity contribution in [3.8, 4) is 11.5 Å². The van der Waals surface area contributed by atoms with E-state index in [1.807, 2.05) is 64.1 Å². The van der Waals surface area contributed by atoms with Gasteiger partial charge in [-0.15, -0.1) is 0 Å². The highest BCUT2D eigenvalue weighted by Gasteiger charge is 2.56. The third kappa shape index (κ3) is 3.56. The molecule has 1 saturated heterocycles. The fourth-order valence-electron chi connectivity index (χ4n) is 5.68. The second kappa shape index (κ2) is 8.63. The summed E-state index contributed by atoms with van der Waals surface area (Å²) < 4.78 is 11.6. The van der Waals surface area contributed by atoms with Crippen LogP contribution in [0.3, 0.4) is 0 Å². The van der Waals surface area contributed by atoms with E-state index in [-0.39, 0.29) is 30.4 Å². The van der Waals surface area contributed by atoms with Gasteiger partial charge in [-0.1, -0.05) is 31.2 Å². The third-order valence-electron chi connectivity index (χ3n) is 7.26. The molecule has 0 radical (unpaired) electrons. The summed E-state index contributed by atoms with van der Waals surface area (Å²) in [4.78, 5) is 34.3. The summed E-state index contributed by atoms with van der Waals surface area (Å²) in [6.45, 7) is 8.99. The number of methoxy groups -OCH3 is 1. The predicted molar refractivity (Wildman–Crippen MR) is 135 cm³/mol. The van der Waals surface area contributed by atoms with Crippen LogP contribution in [0.2, 0.25) is 0 Å². The molecule has 2 aromatic carbocycles. The number of carbonyl (C=O) groups is 2. The number of H-pyrrole nitrogens is 1. The zero-order valence-electron chi connectivity index (χ0n) is 21.1. The molecule has 2 amide bonds. The Kier molecular flexibility index (Phi) is 5.74. The topological polar surface area (TPSA) is 74.9 Å². The molecule has 1 N–H and O–H groups in total. The van der Waals surface area contributed by atoms with Gasteiger partial charge in [-0.3, -0.25) is 9.59 Å². The summed E-state index contributed by atoms with van der Waals surface area (Å²) >= 11 is 0. The van der Waals surface area contributed by atoms with Crippen LogP contribution in [0, 0.1) is 0 Å². The van der Waals surface area contributed by atoms with Gasteiger partial charge in [0.15, 0.2) is 17.0 Å². The first-order valence-corrected chi connectivity index (χ1v) is 12.3. The number of piperazine rings is 1. The summed E-state index contributed by atoms with van der Waals surface area (Å²) in [7, 11) is 1.64. The molecule has 7 nitrogen and oxygen atoms in total. The van der Waals surface area contributed by atoms with Crippen LogP contribution in [0.5, 0.6) is 11.5 Å². The molecule has 1 fully saturated rings. The standard InChI is InChI=1S/C28H33N3O4/c1-6-13-30-16-24(32)31-15-20(18-11-12-22(35-17(2)3)23(14-18)34-5)25-19-9-7-8-10-21(19)29-26(25)28(31,4)27(30)33/h7-12,14,17,20,29H,6,13,15-16H2,1-5H3. The van der Waals surface area contributed by atoms with Crippen molar-refractivity contribution >= 4 is 22.7 Å². The highest BCUT2D eigenvalue weighted by molar-refractivity contribution is 6.01. The van der Waals surface area contributed by atoms with E-state index in [2.05, 4.69) is 11.1 Å². The van der Waals surface area contributed by atoms with Crippen molar-refractivity contribution in [3.05, 3.63) is 59.3 Å². The Bertz CT molecular complexity index is 1300. The maximum absolute atomic E-state index is 13.8. The molecule has 0 aliphatic carbocycles. The fraction of sp³-hybridized carbons (Fsp3) is 0.429. The molecule has 0 bridgehead atoms. The number of ether oxygens (including phenoxy) is 2. The summed E-state index contributed by atoms with van der Waals surface area (Å²) in [5, 5.41) is 1.07. The minimum Gasteiger partial charge on any atom is -0.493 e. The van der Waals surface area contributed by atoms with Crippen molar-refractivity contribution in [2.24, 2.45) is 0 Å². The van der Waals surface area contributed by atoms with E-state index in [4.69, 9.17) is 9.47 Å². The van der Waals surface area contributed by atoms with E-state index >= 15 is 0 Å². The quantitative estimate of drug-likeness (QED) is 0.573. The molecule has 2 atom stereocenters. The van der Waals surface area contributed by atoms with E-state index in [0.29, 0.717) is 24.6 Å². The van der Waals surface area contributed by atoms with Crippen LogP contribution in [0.15, 0.2) is 42.5 Å². The molecule has 0 saturated carbocycles.